The van der Waals surface area contributed by atoms with Crippen LogP contribution in [0.25, 0.3) is 0 Å². The van der Waals surface area contributed by atoms with Crippen LogP contribution in [0.4, 0.5) is 22.7 Å². The summed E-state index contributed by atoms with van der Waals surface area (Å²) < 4.78 is 172. The van der Waals surface area contributed by atoms with Crippen LogP contribution in [-0.2, 0) is 101 Å². The second-order valence-electron chi connectivity index (χ2n) is 33.6. The molecule has 4 heterocycles. The fourth-order valence-corrected chi connectivity index (χ4v) is 15.8. The highest BCUT2D eigenvalue weighted by Crippen LogP contribution is 2.45. The summed E-state index contributed by atoms with van der Waals surface area (Å²) in [5.41, 5.74) is 7.16. The predicted octanol–water partition coefficient (Wildman–Crippen LogP) is 13.9. The summed E-state index contributed by atoms with van der Waals surface area (Å²) in [5, 5.41) is 13.2. The van der Waals surface area contributed by atoms with Gasteiger partial charge in [-0.3, -0.25) is 19.2 Å². The van der Waals surface area contributed by atoms with Crippen LogP contribution in [0.2, 0.25) is 0 Å². The summed E-state index contributed by atoms with van der Waals surface area (Å²) in [6.07, 6.45) is 2.48. The fraction of sp³-hybridized carbons (Fsp3) is 0.519. The van der Waals surface area contributed by atoms with Crippen LogP contribution in [0, 0.1) is 0 Å². The van der Waals surface area contributed by atoms with Crippen molar-refractivity contribution >= 4 is 46.4 Å². The zero-order chi connectivity index (χ0) is 100. The van der Waals surface area contributed by atoms with Gasteiger partial charge in [0.2, 0.25) is 0 Å². The summed E-state index contributed by atoms with van der Waals surface area (Å²) in [6, 6.07) is 35.0. The largest absolute Gasteiger partial charge is 0.493 e. The molecule has 0 radical (unpaired) electrons. The molecule has 0 fully saturated rings. The number of rotatable bonds is 20. The predicted molar refractivity (Wildman–Crippen MR) is 535 cm³/mol. The van der Waals surface area contributed by atoms with Gasteiger partial charge in [-0.05, 0) is 147 Å². The van der Waals surface area contributed by atoms with Gasteiger partial charge in [-0.2, -0.15) is 0 Å². The average molecular weight is 2010 g/mol. The Morgan fingerprint density at radius 2 is 0.333 bits per heavy atom. The van der Waals surface area contributed by atoms with Crippen LogP contribution < -0.4 is 78.1 Å². The lowest BCUT2D eigenvalue weighted by Gasteiger charge is -2.25. The lowest BCUT2D eigenvalue weighted by atomic mass is 9.90. The molecule has 0 unspecified atom stereocenters. The van der Waals surface area contributed by atoms with Crippen LogP contribution in [-0.4, -0.2) is 314 Å². The smallest absolute Gasteiger partial charge is 0.255 e. The first-order valence-electron chi connectivity index (χ1n) is 50.2. The van der Waals surface area contributed by atoms with E-state index in [1.54, 1.807) is 72.8 Å². The quantitative estimate of drug-likeness (QED) is 0.0550. The van der Waals surface area contributed by atoms with Crippen molar-refractivity contribution in [3.63, 3.8) is 0 Å². The van der Waals surface area contributed by atoms with Gasteiger partial charge in [0.05, 0.1) is 238 Å². The van der Waals surface area contributed by atoms with Gasteiger partial charge in [-0.15, -0.1) is 0 Å². The van der Waals surface area contributed by atoms with Gasteiger partial charge in [-0.25, -0.2) is 0 Å². The second-order valence-corrected chi connectivity index (χ2v) is 33.6. The molecule has 13 rings (SSSR count). The number of benzene rings is 8. The maximum absolute atomic E-state index is 15.6. The summed E-state index contributed by atoms with van der Waals surface area (Å²) in [5.74, 6) is 2.58. The van der Waals surface area contributed by atoms with Crippen LogP contribution in [0.3, 0.4) is 0 Å². The van der Waals surface area contributed by atoms with E-state index in [0.717, 1.165) is 0 Å². The van der Waals surface area contributed by atoms with E-state index < -0.39 is 23.6 Å². The molecule has 4 aliphatic heterocycles. The van der Waals surface area contributed by atoms with Gasteiger partial charge in [-0.1, -0.05) is 27.7 Å². The molecule has 36 heteroatoms. The Morgan fingerprint density at radius 1 is 0.194 bits per heavy atom. The molecule has 8 bridgehead atoms. The van der Waals surface area contributed by atoms with Crippen LogP contribution in [0.5, 0.6) is 69.0 Å². The van der Waals surface area contributed by atoms with Crippen molar-refractivity contribution in [2.45, 2.75) is 79.1 Å². The minimum atomic E-state index is -0.500. The van der Waals surface area contributed by atoms with Crippen molar-refractivity contribution in [2.24, 2.45) is 0 Å². The molecule has 8 aromatic carbocycles. The maximum atomic E-state index is 15.6. The normalized spacial score (nSPS) is 17.2. The van der Waals surface area contributed by atoms with Gasteiger partial charge in [0.25, 0.3) is 23.6 Å². The zero-order valence-corrected chi connectivity index (χ0v) is 83.4. The Morgan fingerprint density at radius 3 is 0.479 bits per heavy atom. The molecule has 4 amide bonds. The fourth-order valence-electron chi connectivity index (χ4n) is 15.8. The van der Waals surface area contributed by atoms with E-state index in [2.05, 4.69) is 21.3 Å². The highest BCUT2D eigenvalue weighted by molar-refractivity contribution is 6.07. The Bertz CT molecular complexity index is 4530. The first-order valence-corrected chi connectivity index (χ1v) is 50.2. The summed E-state index contributed by atoms with van der Waals surface area (Å²) >= 11 is 0. The van der Waals surface area contributed by atoms with Crippen molar-refractivity contribution in [2.75, 3.05) is 312 Å². The van der Waals surface area contributed by atoms with Crippen molar-refractivity contribution < 1.29 is 152 Å². The number of hydrogen-bond acceptors (Lipinski definition) is 32. The molecule has 4 N–H and O–H groups in total. The van der Waals surface area contributed by atoms with Crippen LogP contribution >= 0.6 is 0 Å². The Balaban J connectivity index is 0.975. The lowest BCUT2D eigenvalue weighted by molar-refractivity contribution is -0.00841. The first-order chi connectivity index (χ1) is 71.0. The third-order valence-electron chi connectivity index (χ3n) is 22.5. The summed E-state index contributed by atoms with van der Waals surface area (Å²) in [6.45, 7) is 20.9. The number of ether oxygens (including phenoxy) is 28. The van der Waals surface area contributed by atoms with Crippen molar-refractivity contribution in [3.8, 4) is 69.0 Å². The molecule has 8 aromatic rings. The molecular weight excluding hydrogens is 1870 g/mol. The number of hydrogen-bond donors (Lipinski definition) is 4. The number of nitrogens with one attached hydrogen (secondary N) is 4. The zero-order valence-electron chi connectivity index (χ0n) is 83.4. The molecule has 0 spiro atoms. The molecule has 36 nitrogen and oxygen atoms in total. The third-order valence-corrected chi connectivity index (χ3v) is 22.5. The Hall–Kier alpha value is -11.4. The molecular formula is C108H140N4O32. The van der Waals surface area contributed by atoms with Crippen molar-refractivity contribution in [1.29, 1.82) is 0 Å². The highest BCUT2D eigenvalue weighted by Gasteiger charge is 2.29. The molecule has 1 aliphatic carbocycles. The Kier molecular flexibility index (Phi) is 48.1. The topological polar surface area (TPSA) is 375 Å². The second kappa shape index (κ2) is 63.1. The number of anilines is 4. The number of carbonyl (C=O) groups is 4. The van der Waals surface area contributed by atoms with Crippen molar-refractivity contribution in [1.82, 2.24) is 0 Å². The standard InChI is InChI=1S/C108H140N4O32/c1-5-17-141-101-81-61-83-67-90(110-106(114)78-10-14-94-98(74-78)138-58-50-130-42-34-122-26-22-118-30-38-126-46-54-134-94)69-85(102(83)142-18-6-2)63-87-71-92(112-108(116)80-12-16-96-100(76-80)140-60-52-132-44-36-124-28-24-120-32-40-128-48-56-136-96)72-88(104(87)144-20-8-4)64-86-70-91(111-107(115)79-11-15-95-99(75-79)139-59-51-131-43-35-123-27-23-119-31-39-127-47-55-135-95)68-84(103(86)143-19-7-3)62-82(101)66-89(65-81)109-105(113)77-9-13-93-97(73-77)137-57-49-129-41-33-121-25-21-117-29-37-125-45-53-133-93/h9-16,65-76H,5-8,17-64H2,1-4H3,(H,109,113)(H,110,114)(H,111,115)(H,112,116). The van der Waals surface area contributed by atoms with Crippen LogP contribution in [0.15, 0.2) is 121 Å². The van der Waals surface area contributed by atoms with Gasteiger partial charge in [0.1, 0.15) is 75.9 Å². The van der Waals surface area contributed by atoms with Gasteiger partial charge < -0.3 is 154 Å². The van der Waals surface area contributed by atoms with E-state index in [-0.39, 0.29) is 180 Å². The average Bonchev–Trinajstić information content (AvgIpc) is 0.766. The molecule has 0 saturated carbocycles. The lowest BCUT2D eigenvalue weighted by Crippen LogP contribution is -2.17. The number of carbonyl (C=O) groups excluding carboxylic acids is 4. The molecule has 0 saturated heterocycles. The first kappa shape index (κ1) is 110. The number of fused-ring (bicyclic) bond motifs is 12. The third kappa shape index (κ3) is 36.7. The van der Waals surface area contributed by atoms with E-state index in [4.69, 9.17) is 133 Å². The molecule has 784 valence electrons. The summed E-state index contributed by atoms with van der Waals surface area (Å²) in [4.78, 5) is 62.3. The minimum absolute atomic E-state index is 0.0396. The van der Waals surface area contributed by atoms with Gasteiger partial charge in [0.15, 0.2) is 46.0 Å². The highest BCUT2D eigenvalue weighted by atomic mass is 16.6. The Labute approximate surface area is 842 Å². The minimum Gasteiger partial charge on any atom is -0.493 e. The van der Waals surface area contributed by atoms with E-state index in [1.807, 2.05) is 76.2 Å². The van der Waals surface area contributed by atoms with E-state index >= 15 is 19.2 Å². The van der Waals surface area contributed by atoms with Crippen molar-refractivity contribution in [3.05, 3.63) is 188 Å². The van der Waals surface area contributed by atoms with Gasteiger partial charge >= 0.3 is 0 Å². The molecule has 5 aliphatic rings. The monoisotopic (exact) mass is 2000 g/mol. The molecule has 144 heavy (non-hydrogen) atoms. The van der Waals surface area contributed by atoms with Gasteiger partial charge in [0, 0.05) is 115 Å². The molecule has 0 aromatic heterocycles. The van der Waals surface area contributed by atoms with Crippen LogP contribution in [0.1, 0.15) is 139 Å². The van der Waals surface area contributed by atoms with E-state index in [9.17, 15) is 0 Å². The molecule has 0 atom stereocenters. The van der Waals surface area contributed by atoms with E-state index in [1.165, 1.54) is 0 Å². The maximum Gasteiger partial charge on any atom is 0.255 e. The summed E-state index contributed by atoms with van der Waals surface area (Å²) in [7, 11) is 0. The van der Waals surface area contributed by atoms with E-state index in [0.29, 0.717) is 320 Å². The number of amides is 4. The SMILES string of the molecule is CCCOc1c2cc(NC(=O)c3ccc4c(c3)OCCOCCOCCOCCOCCO4)cc1Cc1cc(NC(=O)c3ccc4c(c3)OCCOCCOCCOCCOCCO4)cc(c1OCCC)Cc1cc(NC(=O)c3ccc4c(c3)OCCOCCOCCOCCOCCO4)cc(c1OCCC)Cc1cc(NC(=O)c3ccc4c(c3)OCCOCCOCCOCCOCCO4)cc(c1OCCC)C2.